The van der Waals surface area contributed by atoms with E-state index in [-0.39, 0.29) is 5.82 Å². The highest BCUT2D eigenvalue weighted by Gasteiger charge is 2.35. The lowest BCUT2D eigenvalue weighted by atomic mass is 9.63. The molecule has 0 bridgehead atoms. The first kappa shape index (κ1) is 19.5. The maximum atomic E-state index is 14.4. The molecule has 0 spiro atoms. The summed E-state index contributed by atoms with van der Waals surface area (Å²) in [5.74, 6) is 3.48. The van der Waals surface area contributed by atoms with E-state index in [1.807, 2.05) is 6.07 Å². The monoisotopic (exact) mass is 380 g/mol. The van der Waals surface area contributed by atoms with Gasteiger partial charge in [-0.3, -0.25) is 0 Å². The van der Waals surface area contributed by atoms with Gasteiger partial charge in [0.1, 0.15) is 6.61 Å². The zero-order valence-electron chi connectivity index (χ0n) is 17.1. The van der Waals surface area contributed by atoms with E-state index in [9.17, 15) is 4.39 Å². The molecule has 2 saturated carbocycles. The van der Waals surface area contributed by atoms with Crippen LogP contribution in [0.2, 0.25) is 0 Å². The van der Waals surface area contributed by atoms with Crippen molar-refractivity contribution in [3.8, 4) is 5.75 Å². The largest absolute Gasteiger partial charge is 0.486 e. The van der Waals surface area contributed by atoms with Gasteiger partial charge in [0.25, 0.3) is 0 Å². The number of hydrogen-bond acceptors (Lipinski definition) is 1. The summed E-state index contributed by atoms with van der Waals surface area (Å²) in [4.78, 5) is 0. The predicted octanol–water partition coefficient (Wildman–Crippen LogP) is 7.64. The van der Waals surface area contributed by atoms with E-state index in [1.54, 1.807) is 12.1 Å². The molecule has 2 unspecified atom stereocenters. The Labute approximate surface area is 169 Å². The molecule has 2 heteroatoms. The summed E-state index contributed by atoms with van der Waals surface area (Å²) in [6.07, 6.45) is 12.7. The highest BCUT2D eigenvalue weighted by molar-refractivity contribution is 5.84. The molecule has 0 aromatic heterocycles. The van der Waals surface area contributed by atoms with Gasteiger partial charge in [-0.05, 0) is 84.2 Å². The second-order valence-corrected chi connectivity index (χ2v) is 8.99. The van der Waals surface area contributed by atoms with Gasteiger partial charge in [0.15, 0.2) is 11.6 Å². The fraction of sp³-hybridized carbons (Fsp3) is 0.538. The van der Waals surface area contributed by atoms with Crippen LogP contribution < -0.4 is 4.74 Å². The van der Waals surface area contributed by atoms with Crippen molar-refractivity contribution in [2.24, 2.45) is 17.8 Å². The molecule has 0 aliphatic heterocycles. The number of rotatable bonds is 6. The zero-order chi connectivity index (χ0) is 19.5. The first-order chi connectivity index (χ1) is 13.7. The van der Waals surface area contributed by atoms with Gasteiger partial charge in [-0.1, -0.05) is 57.0 Å². The third-order valence-electron chi connectivity index (χ3n) is 7.16. The smallest absolute Gasteiger partial charge is 0.165 e. The molecule has 0 heterocycles. The minimum atomic E-state index is -0.288. The molecule has 1 nitrogen and oxygen atoms in total. The number of halogens is 1. The van der Waals surface area contributed by atoms with E-state index < -0.39 is 0 Å². The summed E-state index contributed by atoms with van der Waals surface area (Å²) in [6.45, 7) is 6.27. The fourth-order valence-corrected chi connectivity index (χ4v) is 5.74. The summed E-state index contributed by atoms with van der Waals surface area (Å²) in [5, 5.41) is 2.02. The highest BCUT2D eigenvalue weighted by atomic mass is 19.1. The third kappa shape index (κ3) is 4.11. The third-order valence-corrected chi connectivity index (χ3v) is 7.16. The van der Waals surface area contributed by atoms with Crippen molar-refractivity contribution in [2.75, 3.05) is 6.61 Å². The summed E-state index contributed by atoms with van der Waals surface area (Å²) in [7, 11) is 0. The summed E-state index contributed by atoms with van der Waals surface area (Å²) in [5.41, 5.74) is 1.39. The molecule has 4 rings (SSSR count). The molecule has 0 amide bonds. The molecule has 0 saturated heterocycles. The van der Waals surface area contributed by atoms with Gasteiger partial charge in [-0.25, -0.2) is 4.39 Å². The molecule has 0 radical (unpaired) electrons. The van der Waals surface area contributed by atoms with Crippen LogP contribution in [-0.2, 0) is 0 Å². The van der Waals surface area contributed by atoms with E-state index in [4.69, 9.17) is 4.74 Å². The van der Waals surface area contributed by atoms with Crippen LogP contribution in [0.15, 0.2) is 43.0 Å². The number of ether oxygens (including phenoxy) is 1. The quantitative estimate of drug-likeness (QED) is 0.468. The second kappa shape index (κ2) is 8.68. The van der Waals surface area contributed by atoms with E-state index >= 15 is 0 Å². The summed E-state index contributed by atoms with van der Waals surface area (Å²) < 4.78 is 19.8. The van der Waals surface area contributed by atoms with Crippen LogP contribution in [0.3, 0.4) is 0 Å². The average molecular weight is 381 g/mol. The first-order valence-corrected chi connectivity index (χ1v) is 11.1. The SMILES string of the molecule is C=CCOc1cc2ccc([C@@H]3CC[C@@H]4CC(CCC)CCC4C3)cc2cc1F. The minimum absolute atomic E-state index is 0.288. The lowest BCUT2D eigenvalue weighted by molar-refractivity contribution is 0.114. The summed E-state index contributed by atoms with van der Waals surface area (Å²) in [6, 6.07) is 10.0. The number of hydrogen-bond donors (Lipinski definition) is 0. The standard InChI is InChI=1S/C26H33FO/c1-3-5-18-6-7-20-14-21(9-8-19(20)13-18)22-10-11-23-17-26(28-12-4-2)25(27)16-24(23)15-22/h4,10-11,15-21H,2-3,5-9,12-14H2,1H3/t18?,19-,20?,21-/m1/s1. The van der Waals surface area contributed by atoms with E-state index in [2.05, 4.69) is 31.7 Å². The van der Waals surface area contributed by atoms with E-state index in [1.165, 1.54) is 56.9 Å². The zero-order valence-corrected chi connectivity index (χ0v) is 17.1. The van der Waals surface area contributed by atoms with Gasteiger partial charge >= 0.3 is 0 Å². The van der Waals surface area contributed by atoms with Crippen molar-refractivity contribution in [1.29, 1.82) is 0 Å². The van der Waals surface area contributed by atoms with Crippen LogP contribution >= 0.6 is 0 Å². The molecular formula is C26H33FO. The highest BCUT2D eigenvalue weighted by Crippen LogP contribution is 2.48. The van der Waals surface area contributed by atoms with E-state index in [0.29, 0.717) is 18.3 Å². The summed E-state index contributed by atoms with van der Waals surface area (Å²) >= 11 is 0. The fourth-order valence-electron chi connectivity index (χ4n) is 5.74. The van der Waals surface area contributed by atoms with Crippen LogP contribution in [0.1, 0.15) is 69.8 Å². The lowest BCUT2D eigenvalue weighted by Gasteiger charge is -2.42. The number of benzene rings is 2. The van der Waals surface area contributed by atoms with Crippen molar-refractivity contribution in [3.05, 3.63) is 54.4 Å². The van der Waals surface area contributed by atoms with Gasteiger partial charge in [0, 0.05) is 0 Å². The van der Waals surface area contributed by atoms with Gasteiger partial charge in [-0.2, -0.15) is 0 Å². The molecule has 0 N–H and O–H groups in total. The molecule has 2 aliphatic carbocycles. The van der Waals surface area contributed by atoms with Crippen molar-refractivity contribution < 1.29 is 9.13 Å². The van der Waals surface area contributed by atoms with Gasteiger partial charge in [-0.15, -0.1) is 0 Å². The maximum absolute atomic E-state index is 14.4. The van der Waals surface area contributed by atoms with Crippen LogP contribution in [0, 0.1) is 23.6 Å². The molecule has 150 valence electrons. The van der Waals surface area contributed by atoms with Gasteiger partial charge in [0.2, 0.25) is 0 Å². The van der Waals surface area contributed by atoms with Gasteiger partial charge in [0.05, 0.1) is 0 Å². The normalized spacial score (nSPS) is 27.4. The Morgan fingerprint density at radius 2 is 1.86 bits per heavy atom. The molecular weight excluding hydrogens is 347 g/mol. The van der Waals surface area contributed by atoms with Crippen molar-refractivity contribution in [1.82, 2.24) is 0 Å². The van der Waals surface area contributed by atoms with Crippen LogP contribution in [-0.4, -0.2) is 6.61 Å². The lowest BCUT2D eigenvalue weighted by Crippen LogP contribution is -2.30. The Morgan fingerprint density at radius 1 is 1.04 bits per heavy atom. The Bertz CT molecular complexity index is 827. The topological polar surface area (TPSA) is 9.23 Å². The Kier molecular flexibility index (Phi) is 6.04. The van der Waals surface area contributed by atoms with Crippen LogP contribution in [0.25, 0.3) is 10.8 Å². The van der Waals surface area contributed by atoms with Crippen LogP contribution in [0.5, 0.6) is 5.75 Å². The molecule has 2 aromatic carbocycles. The van der Waals surface area contributed by atoms with Crippen LogP contribution in [0.4, 0.5) is 4.39 Å². The Balaban J connectivity index is 1.48. The van der Waals surface area contributed by atoms with Crippen molar-refractivity contribution in [2.45, 2.75) is 64.2 Å². The molecule has 4 atom stereocenters. The second-order valence-electron chi connectivity index (χ2n) is 8.99. The Morgan fingerprint density at radius 3 is 2.68 bits per heavy atom. The molecule has 2 fully saturated rings. The predicted molar refractivity (Wildman–Crippen MR) is 115 cm³/mol. The molecule has 28 heavy (non-hydrogen) atoms. The number of fused-ring (bicyclic) bond motifs is 2. The van der Waals surface area contributed by atoms with E-state index in [0.717, 1.165) is 28.5 Å². The maximum Gasteiger partial charge on any atom is 0.165 e. The first-order valence-electron chi connectivity index (χ1n) is 11.1. The Hall–Kier alpha value is -1.83. The van der Waals surface area contributed by atoms with Crippen molar-refractivity contribution >= 4 is 10.8 Å². The molecule has 2 aromatic rings. The van der Waals surface area contributed by atoms with Crippen molar-refractivity contribution in [3.63, 3.8) is 0 Å². The van der Waals surface area contributed by atoms with Gasteiger partial charge < -0.3 is 4.74 Å². The minimum Gasteiger partial charge on any atom is -0.486 e. The molecule has 2 aliphatic rings. The average Bonchev–Trinajstić information content (AvgIpc) is 2.71.